The third-order valence-corrected chi connectivity index (χ3v) is 17.4. The lowest BCUT2D eigenvalue weighted by Crippen LogP contribution is -2.35. The summed E-state index contributed by atoms with van der Waals surface area (Å²) >= 11 is 0. The zero-order valence-electron chi connectivity index (χ0n) is 43.4. The smallest absolute Gasteiger partial charge is 0.258 e. The molecular formula is C55H66N14O6S2. The normalized spacial score (nSPS) is 18.3. The van der Waals surface area contributed by atoms with Gasteiger partial charge in [-0.2, -0.15) is 0 Å². The first-order chi connectivity index (χ1) is 37.3. The van der Waals surface area contributed by atoms with Crippen molar-refractivity contribution in [2.75, 3.05) is 91.3 Å². The summed E-state index contributed by atoms with van der Waals surface area (Å²) in [6.07, 6.45) is 23.1. The Morgan fingerprint density at radius 3 is 1.79 bits per heavy atom. The fraction of sp³-hybridized carbons (Fsp3) is 0.382. The number of nitrogens with one attached hydrogen (secondary N) is 6. The maximum Gasteiger partial charge on any atom is 0.258 e. The van der Waals surface area contributed by atoms with Crippen molar-refractivity contribution in [2.45, 2.75) is 71.6 Å². The second-order valence-corrected chi connectivity index (χ2v) is 24.0. The molecule has 404 valence electrons. The average Bonchev–Trinajstić information content (AvgIpc) is 4.17. The van der Waals surface area contributed by atoms with Crippen LogP contribution in [0.3, 0.4) is 0 Å². The lowest BCUT2D eigenvalue weighted by Gasteiger charge is -2.34. The average molecular weight is 1080 g/mol. The molecule has 0 unspecified atom stereocenters. The van der Waals surface area contributed by atoms with Crippen LogP contribution in [0.4, 0.5) is 46.0 Å². The number of hydrogen-bond donors (Lipinski definition) is 6. The van der Waals surface area contributed by atoms with Gasteiger partial charge in [-0.1, -0.05) is 23.8 Å². The largest absolute Gasteiger partial charge is 0.371 e. The summed E-state index contributed by atoms with van der Waals surface area (Å²) in [5, 5.41) is 13.2. The topological polar surface area (TPSA) is 242 Å². The summed E-state index contributed by atoms with van der Waals surface area (Å²) in [7, 11) is -7.10. The van der Waals surface area contributed by atoms with Gasteiger partial charge in [-0.05, 0) is 138 Å². The molecule has 0 atom stereocenters. The van der Waals surface area contributed by atoms with Crippen molar-refractivity contribution in [3.8, 4) is 11.4 Å². The molecule has 2 fully saturated rings. The monoisotopic (exact) mass is 1080 g/mol. The van der Waals surface area contributed by atoms with Crippen LogP contribution in [-0.4, -0.2) is 108 Å². The second-order valence-electron chi connectivity index (χ2n) is 19.9. The molecule has 10 heterocycles. The fourth-order valence-corrected chi connectivity index (χ4v) is 11.7. The molecule has 6 aliphatic rings. The molecule has 4 aromatic heterocycles. The number of anilines is 8. The molecule has 2 aromatic carbocycles. The van der Waals surface area contributed by atoms with Crippen molar-refractivity contribution in [3.05, 3.63) is 133 Å². The van der Waals surface area contributed by atoms with Gasteiger partial charge in [0.1, 0.15) is 17.5 Å². The van der Waals surface area contributed by atoms with Crippen LogP contribution in [0.5, 0.6) is 0 Å². The molecule has 77 heavy (non-hydrogen) atoms. The lowest BCUT2D eigenvalue weighted by atomic mass is 9.91. The van der Waals surface area contributed by atoms with E-state index < -0.39 is 20.0 Å². The van der Waals surface area contributed by atoms with E-state index in [1.807, 2.05) is 33.7 Å². The van der Waals surface area contributed by atoms with Crippen LogP contribution in [0.15, 0.2) is 116 Å². The molecule has 8 bridgehead atoms. The van der Waals surface area contributed by atoms with Crippen molar-refractivity contribution in [3.63, 3.8) is 0 Å². The Kier molecular flexibility index (Phi) is 15.9. The summed E-state index contributed by atoms with van der Waals surface area (Å²) in [4.78, 5) is 51.9. The highest BCUT2D eigenvalue weighted by Gasteiger charge is 2.27. The van der Waals surface area contributed by atoms with E-state index >= 15 is 0 Å². The number of carbonyl (C=O) groups is 2. The molecule has 12 rings (SSSR count). The highest BCUT2D eigenvalue weighted by Crippen LogP contribution is 2.35. The Hall–Kier alpha value is -7.72. The third kappa shape index (κ3) is 12.8. The molecule has 0 spiro atoms. The predicted octanol–water partition coefficient (Wildman–Crippen LogP) is 8.45. The Morgan fingerprint density at radius 2 is 1.21 bits per heavy atom. The number of rotatable bonds is 10. The number of amides is 2. The fourth-order valence-electron chi connectivity index (χ4n) is 10.4. The van der Waals surface area contributed by atoms with Crippen LogP contribution in [0.1, 0.15) is 91.8 Å². The summed E-state index contributed by atoms with van der Waals surface area (Å²) in [6.45, 7) is 7.14. The number of hydrogen-bond acceptors (Lipinski definition) is 14. The minimum atomic E-state index is -3.56. The van der Waals surface area contributed by atoms with Crippen LogP contribution in [0.25, 0.3) is 11.4 Å². The molecule has 0 saturated carbocycles. The van der Waals surface area contributed by atoms with Crippen LogP contribution < -0.4 is 40.5 Å². The van der Waals surface area contributed by atoms with Gasteiger partial charge >= 0.3 is 0 Å². The first-order valence-corrected chi connectivity index (χ1v) is 29.9. The van der Waals surface area contributed by atoms with Gasteiger partial charge in [-0.3, -0.25) is 23.6 Å². The number of aromatic nitrogens is 6. The minimum Gasteiger partial charge on any atom is -0.371 e. The van der Waals surface area contributed by atoms with Crippen LogP contribution in [-0.2, 0) is 26.5 Å². The van der Waals surface area contributed by atoms with E-state index in [2.05, 4.69) is 63.7 Å². The number of benzene rings is 2. The highest BCUT2D eigenvalue weighted by atomic mass is 32.2. The van der Waals surface area contributed by atoms with Crippen molar-refractivity contribution in [2.24, 2.45) is 11.8 Å². The summed E-state index contributed by atoms with van der Waals surface area (Å²) < 4.78 is 59.7. The maximum absolute atomic E-state index is 14.3. The van der Waals surface area contributed by atoms with Gasteiger partial charge in [-0.15, -0.1) is 0 Å². The molecular weight excluding hydrogens is 1020 g/mol. The molecule has 6 aliphatic heterocycles. The summed E-state index contributed by atoms with van der Waals surface area (Å²) in [5.41, 5.74) is 5.65. The van der Waals surface area contributed by atoms with Crippen LogP contribution >= 0.6 is 0 Å². The van der Waals surface area contributed by atoms with E-state index in [1.54, 1.807) is 81.1 Å². The number of pyridine rings is 2. The molecule has 2 saturated heterocycles. The van der Waals surface area contributed by atoms with Gasteiger partial charge in [0.15, 0.2) is 11.6 Å². The van der Waals surface area contributed by atoms with Crippen molar-refractivity contribution in [1.29, 1.82) is 0 Å². The summed E-state index contributed by atoms with van der Waals surface area (Å²) in [5.74, 6) is 2.62. The molecule has 6 N–H and O–H groups in total. The van der Waals surface area contributed by atoms with E-state index in [0.29, 0.717) is 108 Å². The van der Waals surface area contributed by atoms with E-state index in [-0.39, 0.29) is 23.3 Å². The molecule has 2 amide bonds. The number of carbonyl (C=O) groups excluding carboxylic acids is 2. The van der Waals surface area contributed by atoms with Gasteiger partial charge in [0.25, 0.3) is 11.8 Å². The van der Waals surface area contributed by atoms with Crippen molar-refractivity contribution in [1.82, 2.24) is 29.1 Å². The Balaban J connectivity index is 0.944. The van der Waals surface area contributed by atoms with E-state index in [1.165, 1.54) is 5.57 Å². The van der Waals surface area contributed by atoms with Gasteiger partial charge in [-0.25, -0.2) is 36.8 Å². The number of imidazole rings is 2. The SMILES string of the molecule is CCS(=O)(=O)Nc1ccc2c(c1)N1CCC(C/C=C(\Cc3nccn3-c3ccc4nc3NCC/C=C/CC3CCN(CC3)c3cc(NS(=O)(=O)CC)ccc3C(=O)N4)CCNc3nc(ccc3-n3ccnc3)NC2=O)CC1. The number of nitrogens with zero attached hydrogens (tertiary/aromatic N) is 8. The lowest BCUT2D eigenvalue weighted by molar-refractivity contribution is 0.101. The Labute approximate surface area is 450 Å². The predicted molar refractivity (Wildman–Crippen MR) is 304 cm³/mol. The first-order valence-electron chi connectivity index (χ1n) is 26.6. The van der Waals surface area contributed by atoms with Gasteiger partial charge in [0.05, 0.1) is 63.1 Å². The minimum absolute atomic E-state index is 0.0701. The quantitative estimate of drug-likeness (QED) is 0.0706. The van der Waals surface area contributed by atoms with Crippen molar-refractivity contribution >= 4 is 77.9 Å². The molecule has 20 nitrogen and oxygen atoms in total. The first kappa shape index (κ1) is 52.7. The van der Waals surface area contributed by atoms with Gasteiger partial charge in [0, 0.05) is 70.5 Å². The maximum atomic E-state index is 14.3. The van der Waals surface area contributed by atoms with Gasteiger partial charge < -0.3 is 35.6 Å². The summed E-state index contributed by atoms with van der Waals surface area (Å²) in [6, 6.07) is 17.5. The van der Waals surface area contributed by atoms with E-state index in [4.69, 9.17) is 15.0 Å². The second kappa shape index (κ2) is 23.3. The van der Waals surface area contributed by atoms with Gasteiger partial charge in [0.2, 0.25) is 20.0 Å². The van der Waals surface area contributed by atoms with Crippen LogP contribution in [0, 0.1) is 11.8 Å². The number of allylic oxidation sites excluding steroid dienone is 2. The van der Waals surface area contributed by atoms with E-state index in [9.17, 15) is 26.4 Å². The molecule has 22 heteroatoms. The number of piperidine rings is 2. The van der Waals surface area contributed by atoms with Crippen molar-refractivity contribution < 1.29 is 26.4 Å². The highest BCUT2D eigenvalue weighted by molar-refractivity contribution is 7.92. The molecule has 6 aromatic rings. The number of sulfonamides is 2. The Morgan fingerprint density at radius 1 is 0.636 bits per heavy atom. The van der Waals surface area contributed by atoms with E-state index in [0.717, 1.165) is 75.2 Å². The zero-order valence-corrected chi connectivity index (χ0v) is 45.0. The Bertz CT molecular complexity index is 3400. The van der Waals surface area contributed by atoms with Crippen LogP contribution in [0.2, 0.25) is 0 Å². The number of fused-ring (bicyclic) bond motifs is 14. The molecule has 0 radical (unpaired) electrons. The third-order valence-electron chi connectivity index (χ3n) is 14.8. The zero-order chi connectivity index (χ0) is 53.5. The molecule has 0 aliphatic carbocycles. The standard InChI is InChI=1S/C55H66N14O6S2/c1-3-76(72,73)64-41-11-13-43-47(35-41)66-28-20-38(21-29-66)8-6-5-7-24-58-53-46(16-18-50(61-53)63-55(43)71)69-33-27-57-51(69)34-40-10-9-39-22-30-67(31-23-39)48-36-42(65-77(74,75)4-2)12-14-44(48)54(70)62-49-17-15-45(68-32-26-56-37-68)52(60-49)59-25-19-40/h5-6,10-18,26-27,32-33,35-39,64-65H,3-4,7-9,19-25,28-31,34H2,1-2H3,(H2,58,61,63,71)(H2,59,60,62,70)/b6-5+,40-10-.